The van der Waals surface area contributed by atoms with Crippen LogP contribution in [0.25, 0.3) is 0 Å². The van der Waals surface area contributed by atoms with Crippen molar-refractivity contribution in [2.75, 3.05) is 16.9 Å². The number of hydrogen-bond donors (Lipinski definition) is 1. The van der Waals surface area contributed by atoms with E-state index in [0.29, 0.717) is 5.11 Å². The largest absolute Gasteiger partial charge is 0.350 e. The molecule has 1 heterocycles. The summed E-state index contributed by atoms with van der Waals surface area (Å²) < 4.78 is 0. The van der Waals surface area contributed by atoms with Crippen molar-refractivity contribution in [2.24, 2.45) is 0 Å². The Hall–Kier alpha value is -1.07. The van der Waals surface area contributed by atoms with E-state index in [1.54, 1.807) is 16.7 Å². The molecule has 0 unspecified atom stereocenters. The number of hydrogen-bond acceptors (Lipinski definition) is 3. The molecule has 0 bridgehead atoms. The topological polar surface area (TPSA) is 32.3 Å². The second kappa shape index (κ2) is 5.92. The minimum absolute atomic E-state index is 0.0627. The Bertz CT molecular complexity index is 516. The van der Waals surface area contributed by atoms with Crippen LogP contribution in [0.15, 0.2) is 18.2 Å². The summed E-state index contributed by atoms with van der Waals surface area (Å²) in [4.78, 5) is 14.1. The van der Waals surface area contributed by atoms with Crippen LogP contribution in [0.3, 0.4) is 0 Å². The van der Waals surface area contributed by atoms with Gasteiger partial charge in [-0.3, -0.25) is 9.69 Å². The van der Waals surface area contributed by atoms with E-state index in [9.17, 15) is 4.79 Å². The number of carbonyl (C=O) groups is 1. The first-order valence-corrected chi connectivity index (χ1v) is 8.06. The van der Waals surface area contributed by atoms with Gasteiger partial charge in [0.15, 0.2) is 5.11 Å². The van der Waals surface area contributed by atoms with Crippen molar-refractivity contribution >= 4 is 40.7 Å². The Morgan fingerprint density at radius 1 is 1.42 bits per heavy atom. The minimum Gasteiger partial charge on any atom is -0.350 e. The molecule has 3 nitrogen and oxygen atoms in total. The molecule has 1 aromatic rings. The van der Waals surface area contributed by atoms with E-state index >= 15 is 0 Å². The van der Waals surface area contributed by atoms with Gasteiger partial charge in [0.1, 0.15) is 6.04 Å². The van der Waals surface area contributed by atoms with E-state index in [4.69, 9.17) is 12.2 Å². The monoisotopic (exact) mass is 294 g/mol. The van der Waals surface area contributed by atoms with Crippen LogP contribution in [0.5, 0.6) is 0 Å². The lowest BCUT2D eigenvalue weighted by molar-refractivity contribution is -0.118. The molecule has 2 rings (SSSR count). The smallest absolute Gasteiger partial charge is 0.255 e. The van der Waals surface area contributed by atoms with Gasteiger partial charge in [-0.15, -0.1) is 0 Å². The highest BCUT2D eigenvalue weighted by atomic mass is 32.2. The Kier molecular flexibility index (Phi) is 4.47. The predicted octanol–water partition coefficient (Wildman–Crippen LogP) is 2.65. The maximum atomic E-state index is 12.5. The maximum absolute atomic E-state index is 12.5. The summed E-state index contributed by atoms with van der Waals surface area (Å²) >= 11 is 7.06. The molecule has 1 saturated heterocycles. The molecule has 0 radical (unpaired) electrons. The number of nitrogens with zero attached hydrogens (tertiary/aromatic N) is 1. The van der Waals surface area contributed by atoms with Crippen LogP contribution in [0.2, 0.25) is 0 Å². The molecule has 1 atom stereocenters. The lowest BCUT2D eigenvalue weighted by Crippen LogP contribution is -2.32. The molecule has 1 aliphatic heterocycles. The summed E-state index contributed by atoms with van der Waals surface area (Å²) in [7, 11) is 0. The van der Waals surface area contributed by atoms with Crippen LogP contribution < -0.4 is 10.2 Å². The number of aryl methyl sites for hydroxylation is 1. The molecule has 1 fully saturated rings. The predicted molar refractivity (Wildman–Crippen MR) is 85.9 cm³/mol. The first kappa shape index (κ1) is 14.3. The average Bonchev–Trinajstić information content (AvgIpc) is 2.66. The van der Waals surface area contributed by atoms with Crippen molar-refractivity contribution in [3.8, 4) is 0 Å². The normalized spacial score (nSPS) is 18.9. The van der Waals surface area contributed by atoms with Crippen molar-refractivity contribution in [1.29, 1.82) is 0 Å². The highest BCUT2D eigenvalue weighted by Gasteiger charge is 2.36. The molecular weight excluding hydrogens is 276 g/mol. The first-order chi connectivity index (χ1) is 9.06. The number of nitrogens with one attached hydrogen (secondary N) is 1. The molecule has 1 aliphatic rings. The van der Waals surface area contributed by atoms with Crippen LogP contribution >= 0.6 is 24.0 Å². The quantitative estimate of drug-likeness (QED) is 0.865. The molecule has 0 saturated carbocycles. The van der Waals surface area contributed by atoms with Crippen molar-refractivity contribution < 1.29 is 4.79 Å². The van der Waals surface area contributed by atoms with E-state index in [1.165, 1.54) is 5.56 Å². The number of carbonyl (C=O) groups excluding carboxylic acids is 1. The third kappa shape index (κ3) is 2.77. The van der Waals surface area contributed by atoms with Gasteiger partial charge in [-0.1, -0.05) is 12.1 Å². The first-order valence-electron chi connectivity index (χ1n) is 6.26. The molecule has 1 aromatic carbocycles. The van der Waals surface area contributed by atoms with Crippen molar-refractivity contribution in [1.82, 2.24) is 5.32 Å². The van der Waals surface area contributed by atoms with Gasteiger partial charge < -0.3 is 5.32 Å². The van der Waals surface area contributed by atoms with Gasteiger partial charge in [-0.2, -0.15) is 11.8 Å². The number of thiocarbonyl (C=S) groups is 1. The van der Waals surface area contributed by atoms with E-state index in [-0.39, 0.29) is 11.9 Å². The zero-order valence-electron chi connectivity index (χ0n) is 11.4. The molecule has 102 valence electrons. The molecule has 5 heteroatoms. The molecule has 1 amide bonds. The number of thioether (sulfide) groups is 1. The van der Waals surface area contributed by atoms with Crippen molar-refractivity contribution in [3.63, 3.8) is 0 Å². The van der Waals surface area contributed by atoms with Crippen molar-refractivity contribution in [3.05, 3.63) is 29.3 Å². The van der Waals surface area contributed by atoms with Gasteiger partial charge >= 0.3 is 0 Å². The van der Waals surface area contributed by atoms with Crippen LogP contribution in [0, 0.1) is 13.8 Å². The van der Waals surface area contributed by atoms with Crippen LogP contribution in [0.4, 0.5) is 5.69 Å². The second-order valence-corrected chi connectivity index (χ2v) is 6.05. The summed E-state index contributed by atoms with van der Waals surface area (Å²) in [5.41, 5.74) is 3.17. The Labute approximate surface area is 123 Å². The fourth-order valence-electron chi connectivity index (χ4n) is 2.17. The molecule has 19 heavy (non-hydrogen) atoms. The lowest BCUT2D eigenvalue weighted by atomic mass is 10.1. The van der Waals surface area contributed by atoms with E-state index in [1.807, 2.05) is 38.3 Å². The summed E-state index contributed by atoms with van der Waals surface area (Å²) in [6.07, 6.45) is 2.85. The molecular formula is C14H18N2OS2. The average molecular weight is 294 g/mol. The highest BCUT2D eigenvalue weighted by Crippen LogP contribution is 2.26. The minimum atomic E-state index is -0.181. The van der Waals surface area contributed by atoms with Gasteiger partial charge in [0, 0.05) is 0 Å². The third-order valence-electron chi connectivity index (χ3n) is 3.45. The second-order valence-electron chi connectivity index (χ2n) is 4.68. The Balaban J connectivity index is 2.27. The third-order valence-corrected chi connectivity index (χ3v) is 4.39. The summed E-state index contributed by atoms with van der Waals surface area (Å²) in [6.45, 7) is 4.07. The Morgan fingerprint density at radius 3 is 2.84 bits per heavy atom. The fourth-order valence-corrected chi connectivity index (χ4v) is 2.97. The van der Waals surface area contributed by atoms with E-state index in [2.05, 4.69) is 5.32 Å². The molecule has 0 spiro atoms. The lowest BCUT2D eigenvalue weighted by Gasteiger charge is -2.18. The zero-order valence-corrected chi connectivity index (χ0v) is 13.0. The van der Waals surface area contributed by atoms with E-state index < -0.39 is 0 Å². The highest BCUT2D eigenvalue weighted by molar-refractivity contribution is 7.98. The SMILES string of the molecule is CSCC[C@H]1NC(=S)N(c2cccc(C)c2C)C1=O. The van der Waals surface area contributed by atoms with Crippen LogP contribution in [-0.4, -0.2) is 29.1 Å². The maximum Gasteiger partial charge on any atom is 0.255 e. The van der Waals surface area contributed by atoms with Gasteiger partial charge in [0.2, 0.25) is 0 Å². The standard InChI is InChI=1S/C14H18N2OS2/c1-9-5-4-6-12(10(9)2)16-13(17)11(7-8-19-3)15-14(16)18/h4-6,11H,7-8H2,1-3H3,(H,15,18)/t11-/m1/s1. The Morgan fingerprint density at radius 2 is 2.16 bits per heavy atom. The van der Waals surface area contributed by atoms with Gasteiger partial charge in [0.05, 0.1) is 5.69 Å². The molecule has 0 aliphatic carbocycles. The van der Waals surface area contributed by atoms with Gasteiger partial charge in [-0.05, 0) is 61.7 Å². The summed E-state index contributed by atoms with van der Waals surface area (Å²) in [6, 6.07) is 5.77. The van der Waals surface area contributed by atoms with Gasteiger partial charge in [-0.25, -0.2) is 0 Å². The molecule has 0 aromatic heterocycles. The summed E-state index contributed by atoms with van der Waals surface area (Å²) in [5, 5.41) is 3.65. The van der Waals surface area contributed by atoms with Gasteiger partial charge in [0.25, 0.3) is 5.91 Å². The number of benzene rings is 1. The van der Waals surface area contributed by atoms with E-state index in [0.717, 1.165) is 23.4 Å². The fraction of sp³-hybridized carbons (Fsp3) is 0.429. The zero-order chi connectivity index (χ0) is 14.0. The van der Waals surface area contributed by atoms with Crippen molar-refractivity contribution in [2.45, 2.75) is 26.3 Å². The molecule has 1 N–H and O–H groups in total. The number of anilines is 1. The van der Waals surface area contributed by atoms with Crippen LogP contribution in [-0.2, 0) is 4.79 Å². The van der Waals surface area contributed by atoms with Crippen LogP contribution in [0.1, 0.15) is 17.5 Å². The number of rotatable bonds is 4. The number of amides is 1. The summed E-state index contributed by atoms with van der Waals surface area (Å²) in [5.74, 6) is 1.01.